The van der Waals surface area contributed by atoms with Crippen LogP contribution in [0, 0.1) is 0 Å². The van der Waals surface area contributed by atoms with Crippen LogP contribution in [0.5, 0.6) is 0 Å². The number of alkyl halides is 1. The summed E-state index contributed by atoms with van der Waals surface area (Å²) in [5.74, 6) is 6.74. The molecular formula is C22H24ClIN8O3. The molecule has 1 aromatic carbocycles. The van der Waals surface area contributed by atoms with Gasteiger partial charge in [0.1, 0.15) is 23.7 Å². The molecule has 1 aliphatic carbocycles. The maximum absolute atomic E-state index is 13.4. The fraction of sp³-hybridized carbons (Fsp3) is 0.409. The van der Waals surface area contributed by atoms with E-state index in [-0.39, 0.29) is 24.1 Å². The Labute approximate surface area is 221 Å². The highest BCUT2D eigenvalue weighted by Crippen LogP contribution is 2.41. The predicted octanol–water partition coefficient (Wildman–Crippen LogP) is 4.96. The van der Waals surface area contributed by atoms with Gasteiger partial charge in [0.15, 0.2) is 5.82 Å². The third kappa shape index (κ3) is 5.10. The average Bonchev–Trinajstić information content (AvgIpc) is 2.91. The van der Waals surface area contributed by atoms with E-state index in [0.29, 0.717) is 27.6 Å². The fourth-order valence-corrected chi connectivity index (χ4v) is 5.45. The van der Waals surface area contributed by atoms with Crippen LogP contribution in [0.3, 0.4) is 0 Å². The minimum Gasteiger partial charge on any atom is -0.343 e. The van der Waals surface area contributed by atoms with E-state index in [9.17, 15) is 9.59 Å². The lowest BCUT2D eigenvalue weighted by Crippen LogP contribution is -2.58. The zero-order chi connectivity index (χ0) is 24.9. The minimum absolute atomic E-state index is 0.0226. The van der Waals surface area contributed by atoms with Crippen LogP contribution in [0.15, 0.2) is 41.5 Å². The van der Waals surface area contributed by atoms with Crippen LogP contribution in [0.25, 0.3) is 10.4 Å². The highest BCUT2D eigenvalue weighted by Gasteiger charge is 2.42. The Morgan fingerprint density at radius 1 is 1.26 bits per heavy atom. The first kappa shape index (κ1) is 25.3. The first-order chi connectivity index (χ1) is 17.0. The largest absolute Gasteiger partial charge is 0.356 e. The molecule has 2 aliphatic rings. The van der Waals surface area contributed by atoms with Crippen LogP contribution in [0.4, 0.5) is 23.0 Å². The van der Waals surface area contributed by atoms with E-state index < -0.39 is 12.0 Å². The monoisotopic (exact) mass is 610 g/mol. The first-order valence-corrected chi connectivity index (χ1v) is 13.0. The van der Waals surface area contributed by atoms with Crippen molar-refractivity contribution in [3.8, 4) is 0 Å². The zero-order valence-corrected chi connectivity index (χ0v) is 21.7. The number of anilines is 4. The van der Waals surface area contributed by atoms with Crippen molar-refractivity contribution in [2.75, 3.05) is 25.9 Å². The van der Waals surface area contributed by atoms with Gasteiger partial charge in [0.05, 0.1) is 28.0 Å². The molecule has 2 heterocycles. The molecule has 0 bridgehead atoms. The van der Waals surface area contributed by atoms with Crippen LogP contribution in [0.1, 0.15) is 42.5 Å². The molecular weight excluding hydrogens is 587 g/mol. The molecule has 35 heavy (non-hydrogen) atoms. The maximum atomic E-state index is 13.4. The van der Waals surface area contributed by atoms with Crippen LogP contribution in [-0.4, -0.2) is 40.0 Å². The van der Waals surface area contributed by atoms with Gasteiger partial charge < -0.3 is 9.19 Å². The summed E-state index contributed by atoms with van der Waals surface area (Å²) in [5.41, 5.74) is 10.5. The minimum atomic E-state index is -0.661. The Morgan fingerprint density at radius 3 is 2.60 bits per heavy atom. The molecule has 0 saturated heterocycles. The Balaban J connectivity index is 1.75. The number of pyridine rings is 1. The topological polar surface area (TPSA) is 141 Å². The average molecular weight is 611 g/mol. The van der Waals surface area contributed by atoms with Crippen LogP contribution < -0.4 is 20.7 Å². The molecule has 1 saturated carbocycles. The number of hydrogen-bond acceptors (Lipinski definition) is 8. The van der Waals surface area contributed by atoms with Crippen molar-refractivity contribution < 1.29 is 13.9 Å². The Morgan fingerprint density at radius 2 is 1.97 bits per heavy atom. The second kappa shape index (κ2) is 11.3. The summed E-state index contributed by atoms with van der Waals surface area (Å²) in [5, 5.41) is 5.15. The van der Waals surface area contributed by atoms with E-state index in [1.807, 2.05) is 11.0 Å². The normalized spacial score (nSPS) is 18.0. The van der Waals surface area contributed by atoms with Crippen molar-refractivity contribution in [2.24, 2.45) is 11.0 Å². The summed E-state index contributed by atoms with van der Waals surface area (Å²) >= 11 is 7.30. The Bertz CT molecular complexity index is 1140. The molecule has 1 atom stereocenters. The highest BCUT2D eigenvalue weighted by atomic mass is 127. The summed E-state index contributed by atoms with van der Waals surface area (Å²) < 4.78 is 4.66. The smallest absolute Gasteiger partial charge is 0.343 e. The summed E-state index contributed by atoms with van der Waals surface area (Å²) in [6.07, 6.45) is 5.15. The molecule has 0 spiro atoms. The van der Waals surface area contributed by atoms with Gasteiger partial charge in [-0.25, -0.2) is 15.6 Å². The van der Waals surface area contributed by atoms with Gasteiger partial charge in [0.2, 0.25) is 0 Å². The summed E-state index contributed by atoms with van der Waals surface area (Å²) in [4.78, 5) is 36.5. The van der Waals surface area contributed by atoms with Crippen LogP contribution >= 0.6 is 34.5 Å². The molecule has 1 fully saturated rings. The third-order valence-electron chi connectivity index (χ3n) is 6.37. The van der Waals surface area contributed by atoms with E-state index in [0.717, 1.165) is 32.1 Å². The van der Waals surface area contributed by atoms with E-state index >= 15 is 0 Å². The van der Waals surface area contributed by atoms with Crippen molar-refractivity contribution in [3.63, 3.8) is 0 Å². The van der Waals surface area contributed by atoms with Gasteiger partial charge in [-0.3, -0.25) is 14.7 Å². The predicted molar refractivity (Wildman–Crippen MR) is 142 cm³/mol. The van der Waals surface area contributed by atoms with E-state index in [4.69, 9.17) is 28.2 Å². The van der Waals surface area contributed by atoms with Crippen molar-refractivity contribution in [3.05, 3.63) is 52.4 Å². The molecule has 1 aromatic heterocycles. The number of fused-ring (bicyclic) bond motifs is 1. The number of rotatable bonds is 7. The molecule has 2 N–H and O–H groups in total. The van der Waals surface area contributed by atoms with Crippen molar-refractivity contribution >= 4 is 69.3 Å². The van der Waals surface area contributed by atoms with Crippen LogP contribution in [0.2, 0.25) is 0 Å². The van der Waals surface area contributed by atoms with Crippen LogP contribution in [-0.2, 0) is 9.08 Å². The van der Waals surface area contributed by atoms with Crippen molar-refractivity contribution in [1.82, 2.24) is 4.98 Å². The SMILES string of the molecule is [N-]=[N+]=NC[C@@H]1C(=O)N(CI)c2ccc(N(N)c3ccc(C(=O)OCl)cc3)nc2N1C1CCCCC1. The van der Waals surface area contributed by atoms with E-state index in [2.05, 4.69) is 36.9 Å². The van der Waals surface area contributed by atoms with Crippen molar-refractivity contribution in [2.45, 2.75) is 44.2 Å². The highest BCUT2D eigenvalue weighted by molar-refractivity contribution is 14.1. The molecule has 184 valence electrons. The number of nitrogens with zero attached hydrogens (tertiary/aromatic N) is 7. The molecule has 1 amide bonds. The number of hydrogen-bond donors (Lipinski definition) is 1. The number of benzene rings is 1. The lowest BCUT2D eigenvalue weighted by molar-refractivity contribution is -0.120. The standard InChI is InChI=1S/C22H24ClIN8O3/c23-35-22(34)14-6-8-16(9-7-14)32(26)19-11-10-17-20(28-19)31(15-4-2-1-3-5-15)18(12-27-29-25)21(33)30(17)13-24/h6-11,15,18H,1-5,12-13,26H2/t18-/m1/s1. The molecule has 1 aliphatic heterocycles. The summed E-state index contributed by atoms with van der Waals surface area (Å²) in [7, 11) is 0. The maximum Gasteiger partial charge on any atom is 0.356 e. The van der Waals surface area contributed by atoms with Gasteiger partial charge in [-0.15, -0.1) is 0 Å². The number of carbonyl (C=O) groups is 2. The third-order valence-corrected chi connectivity index (χ3v) is 7.19. The van der Waals surface area contributed by atoms with E-state index in [1.165, 1.54) is 5.01 Å². The van der Waals surface area contributed by atoms with Gasteiger partial charge >= 0.3 is 5.97 Å². The first-order valence-electron chi connectivity index (χ1n) is 11.2. The number of azide groups is 1. The van der Waals surface area contributed by atoms with Gasteiger partial charge in [0.25, 0.3) is 5.91 Å². The van der Waals surface area contributed by atoms with Crippen molar-refractivity contribution in [1.29, 1.82) is 0 Å². The van der Waals surface area contributed by atoms with Gasteiger partial charge in [0, 0.05) is 11.0 Å². The molecule has 2 aromatic rings. The number of hydrazine groups is 1. The molecule has 13 heteroatoms. The van der Waals surface area contributed by atoms with Gasteiger partial charge in [-0.05, 0) is 54.8 Å². The Hall–Kier alpha value is -2.80. The number of aromatic nitrogens is 1. The number of nitrogens with two attached hydrogens (primary N) is 1. The summed E-state index contributed by atoms with van der Waals surface area (Å²) in [6, 6.07) is 9.50. The lowest BCUT2D eigenvalue weighted by atomic mass is 9.92. The Kier molecular flexibility index (Phi) is 8.16. The second-order valence-electron chi connectivity index (χ2n) is 8.31. The molecule has 11 nitrogen and oxygen atoms in total. The number of carbonyl (C=O) groups excluding carboxylic acids is 2. The summed E-state index contributed by atoms with van der Waals surface area (Å²) in [6.45, 7) is 0.0226. The van der Waals surface area contributed by atoms with Gasteiger partial charge in [-0.2, -0.15) is 0 Å². The molecule has 0 unspecified atom stereocenters. The quantitative estimate of drug-likeness (QED) is 0.0683. The van der Waals surface area contributed by atoms with Gasteiger partial charge in [-0.1, -0.05) is 47.0 Å². The lowest BCUT2D eigenvalue weighted by Gasteiger charge is -2.46. The van der Waals surface area contributed by atoms with E-state index in [1.54, 1.807) is 35.2 Å². The molecule has 4 rings (SSSR count). The second-order valence-corrected chi connectivity index (χ2v) is 9.14. The molecule has 0 radical (unpaired) electrons. The number of amides is 1. The number of halogens is 2. The zero-order valence-electron chi connectivity index (χ0n) is 18.8. The fourth-order valence-electron chi connectivity index (χ4n) is 4.66.